The molecule has 25 heavy (non-hydrogen) atoms. The maximum Gasteiger partial charge on any atom is 0.494 e. The Morgan fingerprint density at radius 2 is 2.00 bits per heavy atom. The van der Waals surface area contributed by atoms with Crippen molar-refractivity contribution < 1.29 is 23.6 Å². The van der Waals surface area contributed by atoms with Crippen LogP contribution in [0.1, 0.15) is 44.0 Å². The van der Waals surface area contributed by atoms with Gasteiger partial charge in [-0.05, 0) is 54.6 Å². The molecule has 1 heterocycles. The molecular formula is C19H25BO5. The number of ether oxygens (including phenoxy) is 2. The van der Waals surface area contributed by atoms with Crippen LogP contribution in [0.15, 0.2) is 18.2 Å². The molecule has 3 saturated carbocycles. The second kappa shape index (κ2) is 5.48. The van der Waals surface area contributed by atoms with Crippen LogP contribution in [0.4, 0.5) is 0 Å². The summed E-state index contributed by atoms with van der Waals surface area (Å²) < 4.78 is 22.9. The topological polar surface area (TPSA) is 54.0 Å². The Morgan fingerprint density at radius 3 is 2.64 bits per heavy atom. The molecule has 1 aromatic rings. The van der Waals surface area contributed by atoms with Crippen LogP contribution in [0.2, 0.25) is 0 Å². The van der Waals surface area contributed by atoms with Crippen molar-refractivity contribution in [3.8, 4) is 5.75 Å². The Morgan fingerprint density at radius 1 is 1.24 bits per heavy atom. The first-order chi connectivity index (χ1) is 11.8. The van der Waals surface area contributed by atoms with E-state index in [9.17, 15) is 4.79 Å². The molecular weight excluding hydrogens is 319 g/mol. The zero-order valence-electron chi connectivity index (χ0n) is 15.5. The molecule has 0 aromatic heterocycles. The molecule has 0 N–H and O–H groups in total. The highest BCUT2D eigenvalue weighted by atomic mass is 16.7. The molecule has 6 heteroatoms. The average Bonchev–Trinajstić information content (AvgIpc) is 2.97. The summed E-state index contributed by atoms with van der Waals surface area (Å²) in [5, 5.41) is 0. The van der Waals surface area contributed by atoms with E-state index in [-0.39, 0.29) is 11.7 Å². The lowest BCUT2D eigenvalue weighted by Crippen LogP contribution is -2.65. The molecule has 4 aliphatic rings. The smallest absolute Gasteiger partial charge is 0.494 e. The van der Waals surface area contributed by atoms with Gasteiger partial charge >= 0.3 is 13.1 Å². The second-order valence-electron chi connectivity index (χ2n) is 8.25. The van der Waals surface area contributed by atoms with Crippen molar-refractivity contribution in [1.29, 1.82) is 0 Å². The molecule has 0 spiro atoms. The third kappa shape index (κ3) is 2.27. The molecule has 1 aromatic carbocycles. The quantitative estimate of drug-likeness (QED) is 0.623. The minimum absolute atomic E-state index is 0.126. The van der Waals surface area contributed by atoms with Crippen LogP contribution in [0.5, 0.6) is 5.75 Å². The zero-order chi connectivity index (χ0) is 18.0. The highest BCUT2D eigenvalue weighted by molar-refractivity contribution is 6.62. The van der Waals surface area contributed by atoms with E-state index in [1.165, 1.54) is 13.5 Å². The van der Waals surface area contributed by atoms with Crippen molar-refractivity contribution in [2.45, 2.75) is 45.3 Å². The largest absolute Gasteiger partial charge is 0.496 e. The van der Waals surface area contributed by atoms with Gasteiger partial charge in [-0.1, -0.05) is 19.9 Å². The molecule has 0 amide bonds. The summed E-state index contributed by atoms with van der Waals surface area (Å²) in [6.07, 6.45) is 2.40. The molecule has 5 nitrogen and oxygen atoms in total. The van der Waals surface area contributed by atoms with Crippen LogP contribution in [-0.2, 0) is 14.0 Å². The summed E-state index contributed by atoms with van der Waals surface area (Å²) in [7, 11) is 2.48. The minimum atomic E-state index is -0.425. The first-order valence-corrected chi connectivity index (χ1v) is 8.90. The van der Waals surface area contributed by atoms with Gasteiger partial charge in [-0.3, -0.25) is 0 Å². The number of esters is 1. The van der Waals surface area contributed by atoms with Gasteiger partial charge in [-0.2, -0.15) is 0 Å². The number of benzene rings is 1. The molecule has 1 saturated heterocycles. The summed E-state index contributed by atoms with van der Waals surface area (Å²) in [6, 6.07) is 5.38. The van der Waals surface area contributed by atoms with Gasteiger partial charge in [-0.25, -0.2) is 4.79 Å². The molecule has 4 fully saturated rings. The van der Waals surface area contributed by atoms with E-state index in [1.54, 1.807) is 13.2 Å². The number of hydrogen-bond acceptors (Lipinski definition) is 5. The zero-order valence-corrected chi connectivity index (χ0v) is 15.5. The van der Waals surface area contributed by atoms with E-state index < -0.39 is 13.1 Å². The fourth-order valence-electron chi connectivity index (χ4n) is 5.14. The van der Waals surface area contributed by atoms with Crippen LogP contribution < -0.4 is 10.2 Å². The van der Waals surface area contributed by atoms with Gasteiger partial charge in [-0.15, -0.1) is 0 Å². The number of methoxy groups -OCH3 is 2. The van der Waals surface area contributed by atoms with Crippen LogP contribution >= 0.6 is 0 Å². The summed E-state index contributed by atoms with van der Waals surface area (Å²) in [6.45, 7) is 6.88. The number of carbonyl (C=O) groups excluding carboxylic acids is 1. The summed E-state index contributed by atoms with van der Waals surface area (Å²) in [4.78, 5) is 11.8. The van der Waals surface area contributed by atoms with E-state index >= 15 is 0 Å². The first-order valence-electron chi connectivity index (χ1n) is 8.90. The number of carbonyl (C=O) groups is 1. The molecule has 4 atom stereocenters. The van der Waals surface area contributed by atoms with Crippen molar-refractivity contribution in [2.24, 2.45) is 17.3 Å². The predicted molar refractivity (Wildman–Crippen MR) is 94.1 cm³/mol. The molecule has 3 aliphatic carbocycles. The van der Waals surface area contributed by atoms with Crippen LogP contribution in [-0.4, -0.2) is 39.0 Å². The summed E-state index contributed by atoms with van der Waals surface area (Å²) in [5.74, 6) is 1.29. The van der Waals surface area contributed by atoms with Crippen molar-refractivity contribution in [3.05, 3.63) is 23.8 Å². The Hall–Kier alpha value is -1.53. The molecule has 134 valence electrons. The minimum Gasteiger partial charge on any atom is -0.496 e. The molecule has 0 unspecified atom stereocenters. The Balaban J connectivity index is 1.61. The van der Waals surface area contributed by atoms with Crippen LogP contribution in [0, 0.1) is 17.3 Å². The fraction of sp³-hybridized carbons (Fsp3) is 0.632. The lowest BCUT2D eigenvalue weighted by Gasteiger charge is -2.64. The lowest BCUT2D eigenvalue weighted by atomic mass is 9.43. The molecule has 5 rings (SSSR count). The fourth-order valence-corrected chi connectivity index (χ4v) is 5.14. The van der Waals surface area contributed by atoms with Crippen molar-refractivity contribution in [2.75, 3.05) is 14.2 Å². The highest BCUT2D eigenvalue weighted by Crippen LogP contribution is 2.65. The van der Waals surface area contributed by atoms with E-state index in [1.807, 2.05) is 12.1 Å². The monoisotopic (exact) mass is 344 g/mol. The normalized spacial score (nSPS) is 34.9. The van der Waals surface area contributed by atoms with E-state index in [4.69, 9.17) is 18.8 Å². The van der Waals surface area contributed by atoms with Gasteiger partial charge in [0.1, 0.15) is 11.3 Å². The maximum absolute atomic E-state index is 11.8. The maximum atomic E-state index is 11.8. The van der Waals surface area contributed by atoms with Crippen LogP contribution in [0.3, 0.4) is 0 Å². The Kier molecular flexibility index (Phi) is 3.71. The highest BCUT2D eigenvalue weighted by Gasteiger charge is 2.68. The van der Waals surface area contributed by atoms with Gasteiger partial charge in [0.05, 0.1) is 25.9 Å². The van der Waals surface area contributed by atoms with Crippen molar-refractivity contribution >= 4 is 18.6 Å². The van der Waals surface area contributed by atoms with Gasteiger partial charge in [0.2, 0.25) is 0 Å². The van der Waals surface area contributed by atoms with Crippen molar-refractivity contribution in [3.63, 3.8) is 0 Å². The third-order valence-electron chi connectivity index (χ3n) is 6.85. The van der Waals surface area contributed by atoms with E-state index in [2.05, 4.69) is 20.8 Å². The van der Waals surface area contributed by atoms with Gasteiger partial charge in [0.15, 0.2) is 0 Å². The Bertz CT molecular complexity index is 718. The second-order valence-corrected chi connectivity index (χ2v) is 8.25. The van der Waals surface area contributed by atoms with Gasteiger partial charge < -0.3 is 18.8 Å². The molecule has 0 radical (unpaired) electrons. The van der Waals surface area contributed by atoms with Gasteiger partial charge in [0, 0.05) is 0 Å². The standard InChI is InChI=1S/C19H25BO5/c1-18(2)11-8-15(18)19(3)16(9-11)24-20(25-19)12-6-7-13(17(21)23-5)14(10-12)22-4/h6-7,10-11,15-16H,8-9H2,1-5H3/t11-,15-,16+,19-/m0/s1. The average molecular weight is 344 g/mol. The number of rotatable bonds is 3. The molecule has 1 aliphatic heterocycles. The van der Waals surface area contributed by atoms with Crippen molar-refractivity contribution in [1.82, 2.24) is 0 Å². The third-order valence-corrected chi connectivity index (χ3v) is 6.85. The van der Waals surface area contributed by atoms with Gasteiger partial charge in [0.25, 0.3) is 0 Å². The number of hydrogen-bond donors (Lipinski definition) is 0. The predicted octanol–water partition coefficient (Wildman–Crippen LogP) is 2.42. The summed E-state index contributed by atoms with van der Waals surface area (Å²) in [5.41, 5.74) is 1.33. The Labute approximate surface area is 149 Å². The van der Waals surface area contributed by atoms with Crippen LogP contribution in [0.25, 0.3) is 0 Å². The summed E-state index contributed by atoms with van der Waals surface area (Å²) >= 11 is 0. The first kappa shape index (κ1) is 16.9. The van der Waals surface area contributed by atoms with E-state index in [0.717, 1.165) is 11.9 Å². The molecule has 2 bridgehead atoms. The SMILES string of the molecule is COC(=O)c1ccc(B2O[C@@H]3C[C@@H]4C[C@@H](C4(C)C)[C@]3(C)O2)cc1OC. The van der Waals surface area contributed by atoms with E-state index in [0.29, 0.717) is 28.6 Å². The lowest BCUT2D eigenvalue weighted by molar-refractivity contribution is -0.199.